The van der Waals surface area contributed by atoms with Gasteiger partial charge in [0.1, 0.15) is 12.1 Å². The number of ether oxygens (including phenoxy) is 1. The number of carbonyl (C=O) groups is 3. The number of amides is 1. The maximum Gasteiger partial charge on any atom is 0.326 e. The van der Waals surface area contributed by atoms with Crippen LogP contribution >= 0.6 is 0 Å². The van der Waals surface area contributed by atoms with Crippen LogP contribution in [-0.2, 0) is 19.1 Å². The van der Waals surface area contributed by atoms with Crippen LogP contribution in [0.15, 0.2) is 12.2 Å². The van der Waals surface area contributed by atoms with Gasteiger partial charge in [-0.15, -0.1) is 0 Å². The summed E-state index contributed by atoms with van der Waals surface area (Å²) in [5.41, 5.74) is 5.44. The Hall–Kier alpha value is -1.89. The Labute approximate surface area is 232 Å². The highest BCUT2D eigenvalue weighted by atomic mass is 16.5. The average molecular weight is 539 g/mol. The lowest BCUT2D eigenvalue weighted by atomic mass is 10.1. The molecule has 38 heavy (non-hydrogen) atoms. The number of carboxylic acid groups (broad SMARTS) is 1. The highest BCUT2D eigenvalue weighted by Crippen LogP contribution is 2.15. The number of unbranched alkanes of at least 4 members (excludes halogenated alkanes) is 13. The largest absolute Gasteiger partial charge is 0.480 e. The Kier molecular flexibility index (Phi) is 25.4. The van der Waals surface area contributed by atoms with Crippen LogP contribution in [0.2, 0.25) is 0 Å². The van der Waals surface area contributed by atoms with Crippen LogP contribution in [0.25, 0.3) is 0 Å². The molecule has 0 aliphatic carbocycles. The molecule has 0 saturated heterocycles. The minimum atomic E-state index is -1.02. The third-order valence-electron chi connectivity index (χ3n) is 6.82. The first-order chi connectivity index (χ1) is 18.4. The second kappa shape index (κ2) is 26.7. The number of rotatable bonds is 27. The minimum Gasteiger partial charge on any atom is -0.480 e. The van der Waals surface area contributed by atoms with Gasteiger partial charge >= 0.3 is 11.9 Å². The highest BCUT2D eigenvalue weighted by molar-refractivity contribution is 5.83. The number of carbonyl (C=O) groups excluding carboxylic acids is 2. The molecular weight excluding hydrogens is 480 g/mol. The van der Waals surface area contributed by atoms with E-state index >= 15 is 0 Å². The van der Waals surface area contributed by atoms with Crippen molar-refractivity contribution < 1.29 is 24.2 Å². The van der Waals surface area contributed by atoms with Crippen molar-refractivity contribution in [1.29, 1.82) is 0 Å². The van der Waals surface area contributed by atoms with Crippen LogP contribution in [0.5, 0.6) is 0 Å². The molecule has 0 aliphatic rings. The summed E-state index contributed by atoms with van der Waals surface area (Å²) in [5.74, 6) is -1.34. The van der Waals surface area contributed by atoms with Crippen molar-refractivity contribution in [3.05, 3.63) is 12.2 Å². The molecule has 0 bridgehead atoms. The molecule has 0 spiro atoms. The van der Waals surface area contributed by atoms with Gasteiger partial charge in [0.2, 0.25) is 5.91 Å². The quantitative estimate of drug-likeness (QED) is 0.0577. The summed E-state index contributed by atoms with van der Waals surface area (Å²) in [6.45, 7) is 4.82. The van der Waals surface area contributed by atoms with Gasteiger partial charge in [-0.3, -0.25) is 9.59 Å². The molecular formula is C31H58N2O5. The van der Waals surface area contributed by atoms with E-state index in [2.05, 4.69) is 31.3 Å². The van der Waals surface area contributed by atoms with Gasteiger partial charge < -0.3 is 20.9 Å². The zero-order chi connectivity index (χ0) is 28.3. The van der Waals surface area contributed by atoms with Gasteiger partial charge in [0.25, 0.3) is 0 Å². The van der Waals surface area contributed by atoms with E-state index in [0.29, 0.717) is 38.6 Å². The monoisotopic (exact) mass is 538 g/mol. The molecule has 0 saturated carbocycles. The smallest absolute Gasteiger partial charge is 0.326 e. The lowest BCUT2D eigenvalue weighted by Crippen LogP contribution is -2.40. The maximum atomic E-state index is 12.4. The number of allylic oxidation sites excluding steroid dienone is 1. The first kappa shape index (κ1) is 36.1. The zero-order valence-corrected chi connectivity index (χ0v) is 24.5. The fraction of sp³-hybridized carbons (Fsp3) is 0.839. The summed E-state index contributed by atoms with van der Waals surface area (Å²) in [6.07, 6.45) is 24.2. The summed E-state index contributed by atoms with van der Waals surface area (Å²) >= 11 is 0. The third kappa shape index (κ3) is 23.2. The van der Waals surface area contributed by atoms with Crippen LogP contribution < -0.4 is 11.1 Å². The van der Waals surface area contributed by atoms with Crippen molar-refractivity contribution >= 4 is 17.8 Å². The summed E-state index contributed by atoms with van der Waals surface area (Å²) < 4.78 is 5.81. The number of aliphatic carboxylic acids is 1. The van der Waals surface area contributed by atoms with Crippen molar-refractivity contribution in [1.82, 2.24) is 5.32 Å². The molecule has 7 nitrogen and oxygen atoms in total. The van der Waals surface area contributed by atoms with E-state index < -0.39 is 12.0 Å². The van der Waals surface area contributed by atoms with Crippen molar-refractivity contribution in [3.8, 4) is 0 Å². The third-order valence-corrected chi connectivity index (χ3v) is 6.82. The molecule has 0 radical (unpaired) electrons. The van der Waals surface area contributed by atoms with Gasteiger partial charge in [-0.2, -0.15) is 0 Å². The van der Waals surface area contributed by atoms with E-state index in [4.69, 9.17) is 10.5 Å². The number of hydrogen-bond donors (Lipinski definition) is 3. The molecule has 0 aromatic carbocycles. The van der Waals surface area contributed by atoms with Crippen molar-refractivity contribution in [3.63, 3.8) is 0 Å². The van der Waals surface area contributed by atoms with Gasteiger partial charge in [0.05, 0.1) is 0 Å². The fourth-order valence-electron chi connectivity index (χ4n) is 4.42. The number of hydrogen-bond acceptors (Lipinski definition) is 5. The molecule has 4 N–H and O–H groups in total. The Morgan fingerprint density at radius 2 is 1.34 bits per heavy atom. The highest BCUT2D eigenvalue weighted by Gasteiger charge is 2.18. The Morgan fingerprint density at radius 3 is 1.97 bits per heavy atom. The molecule has 2 atom stereocenters. The normalized spacial score (nSPS) is 12.9. The lowest BCUT2D eigenvalue weighted by molar-refractivity contribution is -0.147. The van der Waals surface area contributed by atoms with Crippen molar-refractivity contribution in [2.45, 2.75) is 161 Å². The standard InChI is InChI=1S/C31H58N2O5/c1-3-5-7-9-10-11-13-19-25-30(35)38-27(21-16-12-8-6-4-2)22-17-14-15-18-24-29(34)33-28(31(36)37)23-20-26-32/h16,21,27-28H,3-15,17-20,22-26,32H2,1-2H3,(H,33,34)(H,36,37)/b21-16-. The summed E-state index contributed by atoms with van der Waals surface area (Å²) in [5, 5.41) is 11.8. The van der Waals surface area contributed by atoms with Gasteiger partial charge in [-0.25, -0.2) is 4.79 Å². The number of esters is 1. The molecule has 222 valence electrons. The average Bonchev–Trinajstić information content (AvgIpc) is 2.89. The summed E-state index contributed by atoms with van der Waals surface area (Å²) in [4.78, 5) is 35.8. The number of nitrogens with two attached hydrogens (primary N) is 1. The molecule has 2 unspecified atom stereocenters. The molecule has 1 amide bonds. The van der Waals surface area contributed by atoms with E-state index in [1.165, 1.54) is 51.4 Å². The van der Waals surface area contributed by atoms with Crippen LogP contribution in [-0.4, -0.2) is 41.6 Å². The zero-order valence-electron chi connectivity index (χ0n) is 24.5. The Bertz CT molecular complexity index is 623. The molecule has 7 heteroatoms. The molecule has 0 heterocycles. The molecule has 0 aromatic rings. The van der Waals surface area contributed by atoms with Crippen LogP contribution in [0.1, 0.15) is 149 Å². The summed E-state index contributed by atoms with van der Waals surface area (Å²) in [7, 11) is 0. The second-order valence-corrected chi connectivity index (χ2v) is 10.5. The maximum absolute atomic E-state index is 12.4. The van der Waals surface area contributed by atoms with E-state index in [1.807, 2.05) is 0 Å². The second-order valence-electron chi connectivity index (χ2n) is 10.5. The first-order valence-corrected chi connectivity index (χ1v) is 15.5. The fourth-order valence-corrected chi connectivity index (χ4v) is 4.42. The van der Waals surface area contributed by atoms with Crippen LogP contribution in [0.4, 0.5) is 0 Å². The van der Waals surface area contributed by atoms with E-state index in [0.717, 1.165) is 51.4 Å². The summed E-state index contributed by atoms with van der Waals surface area (Å²) in [6, 6.07) is -0.864. The minimum absolute atomic E-state index is 0.0986. The molecule has 0 rings (SSSR count). The van der Waals surface area contributed by atoms with Gasteiger partial charge in [0.15, 0.2) is 0 Å². The van der Waals surface area contributed by atoms with Gasteiger partial charge in [0, 0.05) is 12.8 Å². The predicted molar refractivity (Wildman–Crippen MR) is 156 cm³/mol. The van der Waals surface area contributed by atoms with Crippen molar-refractivity contribution in [2.24, 2.45) is 5.73 Å². The first-order valence-electron chi connectivity index (χ1n) is 15.5. The topological polar surface area (TPSA) is 119 Å². The number of carboxylic acids is 1. The SMILES string of the molecule is CCCCC/C=C\C(CCCCCCC(=O)NC(CCCN)C(=O)O)OC(=O)CCCCCCCCCC. The van der Waals surface area contributed by atoms with Crippen molar-refractivity contribution in [2.75, 3.05) is 6.54 Å². The molecule has 0 aromatic heterocycles. The lowest BCUT2D eigenvalue weighted by Gasteiger charge is -2.15. The van der Waals surface area contributed by atoms with E-state index in [9.17, 15) is 19.5 Å². The number of nitrogens with one attached hydrogen (secondary N) is 1. The van der Waals surface area contributed by atoms with E-state index in [1.54, 1.807) is 0 Å². The predicted octanol–water partition coefficient (Wildman–Crippen LogP) is 7.21. The van der Waals surface area contributed by atoms with Gasteiger partial charge in [-0.05, 0) is 64.0 Å². The Balaban J connectivity index is 4.27. The van der Waals surface area contributed by atoms with Crippen LogP contribution in [0, 0.1) is 0 Å². The Morgan fingerprint density at radius 1 is 0.763 bits per heavy atom. The van der Waals surface area contributed by atoms with Gasteiger partial charge in [-0.1, -0.05) is 90.6 Å². The van der Waals surface area contributed by atoms with E-state index in [-0.39, 0.29) is 18.0 Å². The molecule has 0 aliphatic heterocycles. The van der Waals surface area contributed by atoms with Crippen LogP contribution in [0.3, 0.4) is 0 Å². The molecule has 0 fully saturated rings.